The zero-order valence-electron chi connectivity index (χ0n) is 14.4. The molecule has 0 bridgehead atoms. The summed E-state index contributed by atoms with van der Waals surface area (Å²) in [6.45, 7) is 0. The Morgan fingerprint density at radius 3 is 1.70 bits per heavy atom. The Labute approximate surface area is 169 Å². The average molecular weight is 392 g/mol. The summed E-state index contributed by atoms with van der Waals surface area (Å²) < 4.78 is 5.54. The maximum absolute atomic E-state index is 10.5. The summed E-state index contributed by atoms with van der Waals surface area (Å²) in [5.41, 5.74) is 2.25. The van der Waals surface area contributed by atoms with Crippen LogP contribution < -0.4 is 0 Å². The molecule has 3 nitrogen and oxygen atoms in total. The first-order valence-electron chi connectivity index (χ1n) is 8.10. The number of hydrogen-bond donors (Lipinski definition) is 1. The standard InChI is InChI=1S/C15H11NOS.C7H6OS/c16-11-14(12-7-3-1-4-8-12)17-15(18)13-9-5-2-6-10-13;8-7(9)6-4-2-1-3-5-6/h1-10,14H;1-5H,(H,8,9). The van der Waals surface area contributed by atoms with E-state index < -0.39 is 6.10 Å². The average Bonchev–Trinajstić information content (AvgIpc) is 2.74. The lowest BCUT2D eigenvalue weighted by Gasteiger charge is -2.13. The number of nitrogens with zero attached hydrogens (tertiary/aromatic N) is 1. The number of thiocarbonyl (C=S) groups is 1. The van der Waals surface area contributed by atoms with Gasteiger partial charge in [0, 0.05) is 16.7 Å². The molecule has 27 heavy (non-hydrogen) atoms. The molecule has 0 spiro atoms. The fourth-order valence-electron chi connectivity index (χ4n) is 2.13. The van der Waals surface area contributed by atoms with Gasteiger partial charge in [0.25, 0.3) is 0 Å². The van der Waals surface area contributed by atoms with Crippen LogP contribution in [0.3, 0.4) is 0 Å². The smallest absolute Gasteiger partial charge is 0.216 e. The van der Waals surface area contributed by atoms with Crippen molar-refractivity contribution in [2.45, 2.75) is 6.10 Å². The van der Waals surface area contributed by atoms with Crippen LogP contribution >= 0.6 is 24.8 Å². The summed E-state index contributed by atoms with van der Waals surface area (Å²) in [7, 11) is 0. The van der Waals surface area contributed by atoms with E-state index in [9.17, 15) is 4.79 Å². The van der Waals surface area contributed by atoms with E-state index in [1.54, 1.807) is 12.1 Å². The van der Waals surface area contributed by atoms with Crippen LogP contribution in [0.1, 0.15) is 27.6 Å². The monoisotopic (exact) mass is 391 g/mol. The van der Waals surface area contributed by atoms with Crippen molar-refractivity contribution in [3.63, 3.8) is 0 Å². The summed E-state index contributed by atoms with van der Waals surface area (Å²) in [5, 5.41) is 9.29. The van der Waals surface area contributed by atoms with E-state index in [0.29, 0.717) is 10.6 Å². The molecule has 0 N–H and O–H groups in total. The molecule has 0 aromatic heterocycles. The zero-order chi connectivity index (χ0) is 19.5. The predicted octanol–water partition coefficient (Wildman–Crippen LogP) is 5.40. The fourth-order valence-corrected chi connectivity index (χ4v) is 2.51. The van der Waals surface area contributed by atoms with E-state index in [0.717, 1.165) is 11.1 Å². The summed E-state index contributed by atoms with van der Waals surface area (Å²) in [6.07, 6.45) is -0.668. The molecule has 0 aliphatic heterocycles. The highest BCUT2D eigenvalue weighted by atomic mass is 32.1. The second kappa shape index (κ2) is 10.9. The zero-order valence-corrected chi connectivity index (χ0v) is 16.1. The van der Waals surface area contributed by atoms with Crippen molar-refractivity contribution in [3.05, 3.63) is 108 Å². The molecule has 3 rings (SSSR count). The molecule has 1 atom stereocenters. The Bertz CT molecular complexity index is 907. The van der Waals surface area contributed by atoms with Crippen LogP contribution in [-0.2, 0) is 4.74 Å². The molecule has 0 radical (unpaired) electrons. The molecule has 3 aromatic rings. The van der Waals surface area contributed by atoms with Crippen molar-refractivity contribution in [1.29, 1.82) is 5.26 Å². The van der Waals surface area contributed by atoms with Crippen LogP contribution in [0.5, 0.6) is 0 Å². The van der Waals surface area contributed by atoms with Crippen molar-refractivity contribution in [2.24, 2.45) is 0 Å². The molecular weight excluding hydrogens is 374 g/mol. The Morgan fingerprint density at radius 1 is 0.852 bits per heavy atom. The molecule has 1 unspecified atom stereocenters. The topological polar surface area (TPSA) is 50.1 Å². The Hall–Kier alpha value is -2.94. The van der Waals surface area contributed by atoms with Crippen LogP contribution in [0.4, 0.5) is 0 Å². The second-order valence-corrected chi connectivity index (χ2v) is 6.14. The number of rotatable bonds is 4. The predicted molar refractivity (Wildman–Crippen MR) is 114 cm³/mol. The summed E-state index contributed by atoms with van der Waals surface area (Å²) in [4.78, 5) is 10.5. The number of thiol groups is 1. The third-order valence-electron chi connectivity index (χ3n) is 3.47. The molecule has 0 amide bonds. The molecule has 0 aliphatic carbocycles. The molecular formula is C22H17NO2S2. The van der Waals surface area contributed by atoms with E-state index in [2.05, 4.69) is 18.7 Å². The number of nitriles is 1. The summed E-state index contributed by atoms with van der Waals surface area (Å²) in [5.74, 6) is 0. The SMILES string of the molecule is N#CC(OC(=S)c1ccccc1)c1ccccc1.O=C(S)c1ccccc1. The van der Waals surface area contributed by atoms with Gasteiger partial charge in [-0.15, -0.1) is 12.6 Å². The van der Waals surface area contributed by atoms with Gasteiger partial charge in [0.05, 0.1) is 0 Å². The molecule has 0 saturated carbocycles. The van der Waals surface area contributed by atoms with Gasteiger partial charge in [-0.3, -0.25) is 4.79 Å². The van der Waals surface area contributed by atoms with Gasteiger partial charge in [-0.1, -0.05) is 91.0 Å². The highest BCUT2D eigenvalue weighted by Gasteiger charge is 2.14. The van der Waals surface area contributed by atoms with Gasteiger partial charge in [-0.2, -0.15) is 5.26 Å². The largest absolute Gasteiger partial charge is 0.460 e. The second-order valence-electron chi connectivity index (χ2n) is 5.36. The lowest BCUT2D eigenvalue weighted by Crippen LogP contribution is -2.09. The Kier molecular flexibility index (Phi) is 8.24. The van der Waals surface area contributed by atoms with Crippen molar-refractivity contribution >= 4 is 35.0 Å². The van der Waals surface area contributed by atoms with Crippen LogP contribution in [0.15, 0.2) is 91.0 Å². The number of benzene rings is 3. The van der Waals surface area contributed by atoms with Gasteiger partial charge >= 0.3 is 0 Å². The van der Waals surface area contributed by atoms with E-state index in [-0.39, 0.29) is 5.12 Å². The van der Waals surface area contributed by atoms with Crippen molar-refractivity contribution < 1.29 is 9.53 Å². The normalized spacial score (nSPS) is 10.5. The van der Waals surface area contributed by atoms with E-state index in [1.165, 1.54) is 0 Å². The van der Waals surface area contributed by atoms with E-state index in [4.69, 9.17) is 22.2 Å². The quantitative estimate of drug-likeness (QED) is 0.478. The minimum atomic E-state index is -0.668. The van der Waals surface area contributed by atoms with Gasteiger partial charge in [-0.25, -0.2) is 0 Å². The van der Waals surface area contributed by atoms with Crippen molar-refractivity contribution in [2.75, 3.05) is 0 Å². The maximum atomic E-state index is 10.5. The lowest BCUT2D eigenvalue weighted by molar-refractivity contribution is 0.109. The molecule has 0 saturated heterocycles. The third-order valence-corrected chi connectivity index (χ3v) is 4.06. The molecule has 0 fully saturated rings. The fraction of sp³-hybridized carbons (Fsp3) is 0.0455. The van der Waals surface area contributed by atoms with Crippen molar-refractivity contribution in [3.8, 4) is 6.07 Å². The first-order valence-corrected chi connectivity index (χ1v) is 8.96. The first-order chi connectivity index (χ1) is 13.1. The molecule has 0 heterocycles. The maximum Gasteiger partial charge on any atom is 0.216 e. The van der Waals surface area contributed by atoms with Crippen LogP contribution in [0.2, 0.25) is 0 Å². The number of carbonyl (C=O) groups is 1. The highest BCUT2D eigenvalue weighted by molar-refractivity contribution is 7.97. The van der Waals surface area contributed by atoms with Crippen LogP contribution in [0, 0.1) is 11.3 Å². The Balaban J connectivity index is 0.000000244. The first kappa shape index (κ1) is 20.4. The van der Waals surface area contributed by atoms with Crippen LogP contribution in [-0.4, -0.2) is 10.2 Å². The van der Waals surface area contributed by atoms with E-state index in [1.807, 2.05) is 78.9 Å². The van der Waals surface area contributed by atoms with Gasteiger partial charge in [0.15, 0.2) is 5.05 Å². The molecule has 5 heteroatoms. The van der Waals surface area contributed by atoms with Gasteiger partial charge in [0.2, 0.25) is 11.2 Å². The Morgan fingerprint density at radius 2 is 1.30 bits per heavy atom. The number of ether oxygens (including phenoxy) is 1. The molecule has 134 valence electrons. The third kappa shape index (κ3) is 6.70. The van der Waals surface area contributed by atoms with Gasteiger partial charge in [0.1, 0.15) is 6.07 Å². The lowest BCUT2D eigenvalue weighted by atomic mass is 10.1. The highest BCUT2D eigenvalue weighted by Crippen LogP contribution is 2.18. The molecule has 0 aliphatic rings. The summed E-state index contributed by atoms with van der Waals surface area (Å²) in [6, 6.07) is 29.8. The number of hydrogen-bond acceptors (Lipinski definition) is 4. The van der Waals surface area contributed by atoms with Crippen molar-refractivity contribution in [1.82, 2.24) is 0 Å². The minimum Gasteiger partial charge on any atom is -0.460 e. The van der Waals surface area contributed by atoms with Gasteiger partial charge < -0.3 is 4.74 Å². The number of carbonyl (C=O) groups excluding carboxylic acids is 1. The van der Waals surface area contributed by atoms with E-state index >= 15 is 0 Å². The molecule has 3 aromatic carbocycles. The minimum absolute atomic E-state index is 0.185. The van der Waals surface area contributed by atoms with Crippen LogP contribution in [0.25, 0.3) is 0 Å². The van der Waals surface area contributed by atoms with Gasteiger partial charge in [-0.05, 0) is 12.2 Å². The summed E-state index contributed by atoms with van der Waals surface area (Å²) >= 11 is 8.84.